The zero-order chi connectivity index (χ0) is 20.1. The fraction of sp³-hybridized carbons (Fsp3) is 0.263. The Morgan fingerprint density at radius 3 is 2.61 bits per heavy atom. The van der Waals surface area contributed by atoms with Crippen molar-refractivity contribution in [3.05, 3.63) is 80.3 Å². The van der Waals surface area contributed by atoms with E-state index in [1.165, 1.54) is 11.8 Å². The van der Waals surface area contributed by atoms with Crippen molar-refractivity contribution < 1.29 is 0 Å². The van der Waals surface area contributed by atoms with Crippen LogP contribution in [0.25, 0.3) is 10.4 Å². The Balaban J connectivity index is 2.07. The van der Waals surface area contributed by atoms with Gasteiger partial charge in [0.2, 0.25) is 0 Å². The first-order valence-electron chi connectivity index (χ1n) is 8.61. The molecule has 1 N–H and O–H groups in total. The fourth-order valence-corrected chi connectivity index (χ4v) is 4.72. The van der Waals surface area contributed by atoms with Gasteiger partial charge in [0.25, 0.3) is 0 Å². The molecule has 0 aliphatic heterocycles. The van der Waals surface area contributed by atoms with E-state index in [1.807, 2.05) is 24.4 Å². The topological polar surface area (TPSA) is 90.3 Å². The number of imidazole rings is 1. The van der Waals surface area contributed by atoms with Gasteiger partial charge in [-0.2, -0.15) is 0 Å². The van der Waals surface area contributed by atoms with Gasteiger partial charge in [-0.05, 0) is 41.3 Å². The van der Waals surface area contributed by atoms with Crippen molar-refractivity contribution in [2.45, 2.75) is 36.2 Å². The highest BCUT2D eigenvalue weighted by atomic mass is 35.5. The fourth-order valence-electron chi connectivity index (χ4n) is 3.03. The van der Waals surface area contributed by atoms with Gasteiger partial charge >= 0.3 is 0 Å². The molecule has 0 amide bonds. The number of nitrogens with one attached hydrogen (secondary N) is 1. The second-order valence-corrected chi connectivity index (χ2v) is 8.44. The van der Waals surface area contributed by atoms with Crippen LogP contribution in [-0.4, -0.2) is 15.0 Å². The van der Waals surface area contributed by atoms with Gasteiger partial charge in [0, 0.05) is 38.2 Å². The van der Waals surface area contributed by atoms with Crippen LogP contribution in [0.2, 0.25) is 10.0 Å². The minimum absolute atomic E-state index is 0.0539. The lowest BCUT2D eigenvalue weighted by Crippen LogP contribution is -2.10. The molecule has 9 heteroatoms. The number of H-pyrrole nitrogens is 1. The summed E-state index contributed by atoms with van der Waals surface area (Å²) in [5.41, 5.74) is 10.7. The quantitative estimate of drug-likeness (QED) is 0.251. The molecule has 3 rings (SSSR count). The number of aromatic amines is 1. The van der Waals surface area contributed by atoms with Crippen molar-refractivity contribution in [2.75, 3.05) is 0 Å². The normalized spacial score (nSPS) is 12.0. The summed E-state index contributed by atoms with van der Waals surface area (Å²) >= 11 is 13.8. The average Bonchev–Trinajstić information content (AvgIpc) is 3.02. The lowest BCUT2D eigenvalue weighted by Gasteiger charge is -2.21. The highest BCUT2D eigenvalue weighted by Crippen LogP contribution is 2.39. The molecule has 0 aliphatic rings. The summed E-state index contributed by atoms with van der Waals surface area (Å²) in [5.74, 6) is 0.954. The molecule has 1 atom stereocenters. The van der Waals surface area contributed by atoms with E-state index in [0.717, 1.165) is 21.2 Å². The molecule has 3 aromatic rings. The molecular weight excluding hydrogens is 415 g/mol. The molecule has 0 radical (unpaired) electrons. The van der Waals surface area contributed by atoms with Crippen LogP contribution in [0.3, 0.4) is 0 Å². The zero-order valence-corrected chi connectivity index (χ0v) is 17.6. The largest absolute Gasteiger partial charge is 0.344 e. The molecule has 1 aromatic carbocycles. The summed E-state index contributed by atoms with van der Waals surface area (Å²) < 4.78 is 0. The number of hydrogen-bond acceptors (Lipinski definition) is 4. The zero-order valence-electron chi connectivity index (χ0n) is 15.3. The van der Waals surface area contributed by atoms with E-state index in [2.05, 4.69) is 44.9 Å². The van der Waals surface area contributed by atoms with Crippen molar-refractivity contribution in [1.82, 2.24) is 15.0 Å². The van der Waals surface area contributed by atoms with Crippen molar-refractivity contribution in [3.8, 4) is 0 Å². The summed E-state index contributed by atoms with van der Waals surface area (Å²) in [4.78, 5) is 16.0. The molecule has 2 heterocycles. The van der Waals surface area contributed by atoms with E-state index < -0.39 is 0 Å². The maximum Gasteiger partial charge on any atom is 0.123 e. The Kier molecular flexibility index (Phi) is 6.86. The summed E-state index contributed by atoms with van der Waals surface area (Å²) in [7, 11) is 0. The van der Waals surface area contributed by atoms with Gasteiger partial charge in [-0.15, -0.1) is 0 Å². The first-order chi connectivity index (χ1) is 13.5. The molecule has 0 bridgehead atoms. The van der Waals surface area contributed by atoms with Crippen molar-refractivity contribution in [2.24, 2.45) is 11.0 Å². The van der Waals surface area contributed by atoms with Crippen LogP contribution in [0.1, 0.15) is 36.8 Å². The number of nitrogens with zero attached hydrogens (tertiary/aromatic N) is 5. The second kappa shape index (κ2) is 9.34. The van der Waals surface area contributed by atoms with Crippen LogP contribution in [-0.2, 0) is 6.54 Å². The first-order valence-corrected chi connectivity index (χ1v) is 10.2. The lowest BCUT2D eigenvalue weighted by atomic mass is 9.87. The molecule has 144 valence electrons. The third kappa shape index (κ3) is 5.00. The maximum absolute atomic E-state index is 8.65. The lowest BCUT2D eigenvalue weighted by molar-refractivity contribution is 0.544. The summed E-state index contributed by atoms with van der Waals surface area (Å²) in [6, 6.07) is 9.36. The molecule has 6 nitrogen and oxygen atoms in total. The number of benzene rings is 1. The highest BCUT2D eigenvalue weighted by Gasteiger charge is 2.25. The first kappa shape index (κ1) is 20.6. The van der Waals surface area contributed by atoms with E-state index in [4.69, 9.17) is 28.7 Å². The van der Waals surface area contributed by atoms with E-state index in [0.29, 0.717) is 21.8 Å². The summed E-state index contributed by atoms with van der Waals surface area (Å²) in [5, 5.41) is 5.55. The van der Waals surface area contributed by atoms with Gasteiger partial charge in [-0.25, -0.2) is 4.98 Å². The Hall–Kier alpha value is -2.18. The second-order valence-electron chi connectivity index (χ2n) is 6.51. The molecule has 0 aliphatic carbocycles. The van der Waals surface area contributed by atoms with E-state index in [9.17, 15) is 0 Å². The number of hydrogen-bond donors (Lipinski definition) is 1. The Bertz CT molecular complexity index is 979. The van der Waals surface area contributed by atoms with Gasteiger partial charge in [-0.3, -0.25) is 4.98 Å². The minimum Gasteiger partial charge on any atom is -0.344 e. The van der Waals surface area contributed by atoms with Crippen LogP contribution in [0.4, 0.5) is 0 Å². The molecule has 1 unspecified atom stereocenters. The Morgan fingerprint density at radius 1 is 1.25 bits per heavy atom. The van der Waals surface area contributed by atoms with Crippen LogP contribution in [0, 0.1) is 5.92 Å². The third-order valence-electron chi connectivity index (χ3n) is 4.10. The maximum atomic E-state index is 8.65. The molecule has 0 spiro atoms. The van der Waals surface area contributed by atoms with Gasteiger partial charge in [0.15, 0.2) is 0 Å². The van der Waals surface area contributed by atoms with E-state index >= 15 is 0 Å². The Morgan fingerprint density at radius 2 is 2.00 bits per heavy atom. The molecule has 0 saturated heterocycles. The number of aromatic nitrogens is 3. The number of halogens is 2. The van der Waals surface area contributed by atoms with Crippen molar-refractivity contribution >= 4 is 35.0 Å². The Labute approximate surface area is 177 Å². The smallest absolute Gasteiger partial charge is 0.123 e. The monoisotopic (exact) mass is 432 g/mol. The van der Waals surface area contributed by atoms with E-state index in [-0.39, 0.29) is 12.5 Å². The van der Waals surface area contributed by atoms with Crippen molar-refractivity contribution in [1.29, 1.82) is 0 Å². The van der Waals surface area contributed by atoms with Crippen LogP contribution < -0.4 is 0 Å². The predicted molar refractivity (Wildman–Crippen MR) is 113 cm³/mol. The van der Waals surface area contributed by atoms with Gasteiger partial charge in [0.05, 0.1) is 12.2 Å². The van der Waals surface area contributed by atoms with Crippen molar-refractivity contribution in [3.63, 3.8) is 0 Å². The van der Waals surface area contributed by atoms with Gasteiger partial charge in [-0.1, -0.05) is 60.0 Å². The molecule has 28 heavy (non-hydrogen) atoms. The van der Waals surface area contributed by atoms with Crippen LogP contribution in [0.15, 0.2) is 57.8 Å². The molecule has 2 aromatic heterocycles. The molecular formula is C19H18Cl2N6S. The third-order valence-corrected chi connectivity index (χ3v) is 5.51. The summed E-state index contributed by atoms with van der Waals surface area (Å²) in [6.45, 7) is 4.45. The molecule has 0 fully saturated rings. The van der Waals surface area contributed by atoms with Crippen LogP contribution in [0.5, 0.6) is 0 Å². The predicted octanol–water partition coefficient (Wildman–Crippen LogP) is 6.86. The van der Waals surface area contributed by atoms with Gasteiger partial charge in [0.1, 0.15) is 10.9 Å². The van der Waals surface area contributed by atoms with E-state index in [1.54, 1.807) is 12.3 Å². The SMILES string of the molecule is CC(C)C(c1cccnc1)c1[nH]c(CN=[N+]=[N-])nc1Sc1cc(Cl)cc(Cl)c1. The minimum atomic E-state index is 0.0539. The number of rotatable bonds is 7. The number of pyridine rings is 1. The van der Waals surface area contributed by atoms with Gasteiger partial charge < -0.3 is 4.98 Å². The standard InChI is InChI=1S/C19H18Cl2N6S/c1-11(2)17(12-4-3-5-23-9-12)18-19(26-16(25-18)10-24-27-22)28-15-7-13(20)6-14(21)8-15/h3-9,11,17H,10H2,1-2H3,(H,25,26). The number of azide groups is 1. The highest BCUT2D eigenvalue weighted by molar-refractivity contribution is 7.99. The average molecular weight is 433 g/mol. The summed E-state index contributed by atoms with van der Waals surface area (Å²) in [6.07, 6.45) is 3.62. The molecule has 0 saturated carbocycles. The van der Waals surface area contributed by atoms with Crippen LogP contribution >= 0.6 is 35.0 Å².